The van der Waals surface area contributed by atoms with E-state index in [1.807, 2.05) is 0 Å². The number of aryl methyl sites for hydroxylation is 2. The third-order valence-corrected chi connectivity index (χ3v) is 9.43. The Morgan fingerprint density at radius 1 is 0.972 bits per heavy atom. The highest BCUT2D eigenvalue weighted by molar-refractivity contribution is 6.05. The van der Waals surface area contributed by atoms with Gasteiger partial charge in [0.25, 0.3) is 5.69 Å². The highest BCUT2D eigenvalue weighted by atomic mass is 16.5. The zero-order chi connectivity index (χ0) is 24.9. The van der Waals surface area contributed by atoms with Crippen molar-refractivity contribution in [3.05, 3.63) is 64.7 Å². The van der Waals surface area contributed by atoms with E-state index in [2.05, 4.69) is 88.7 Å². The predicted molar refractivity (Wildman–Crippen MR) is 149 cm³/mol. The molecule has 2 bridgehead atoms. The average molecular weight is 477 g/mol. The van der Waals surface area contributed by atoms with Crippen LogP contribution in [0.15, 0.2) is 42.5 Å². The van der Waals surface area contributed by atoms with E-state index in [-0.39, 0.29) is 5.41 Å². The fourth-order valence-electron chi connectivity index (χ4n) is 7.84. The summed E-state index contributed by atoms with van der Waals surface area (Å²) in [5, 5.41) is 3.95. The molecule has 0 radical (unpaired) electrons. The first-order valence-corrected chi connectivity index (χ1v) is 13.9. The highest BCUT2D eigenvalue weighted by Crippen LogP contribution is 2.55. The standard InChI is InChI=1S/C34H38NO/c1-19-12-24-14-22(18-34(3,4)5)16-29-32(24)31(20(19)2)33-30(36-29)17-27-25(8-7-9-28(27)35(33)6)26-15-21-10-11-23(26)13-21/h7-9,12,14,16-17,21,23,26H,10-11,13,15,18H2,1-6H3/q+1. The van der Waals surface area contributed by atoms with Crippen molar-refractivity contribution in [2.45, 2.75) is 72.6 Å². The molecule has 3 aliphatic rings. The van der Waals surface area contributed by atoms with Gasteiger partial charge >= 0.3 is 0 Å². The topological polar surface area (TPSA) is 13.1 Å². The molecule has 36 heavy (non-hydrogen) atoms. The first kappa shape index (κ1) is 22.3. The van der Waals surface area contributed by atoms with Gasteiger partial charge < -0.3 is 4.74 Å². The number of nitrogens with zero attached hydrogens (tertiary/aromatic N) is 1. The Kier molecular flexibility index (Phi) is 4.70. The normalized spacial score (nSPS) is 22.3. The van der Waals surface area contributed by atoms with Gasteiger partial charge in [-0.1, -0.05) is 51.5 Å². The van der Waals surface area contributed by atoms with Crippen LogP contribution < -0.4 is 9.30 Å². The summed E-state index contributed by atoms with van der Waals surface area (Å²) in [6.45, 7) is 11.5. The Balaban J connectivity index is 1.48. The van der Waals surface area contributed by atoms with E-state index in [0.29, 0.717) is 5.92 Å². The lowest BCUT2D eigenvalue weighted by Gasteiger charge is -2.26. The zero-order valence-electron chi connectivity index (χ0n) is 22.7. The number of pyridine rings is 1. The average Bonchev–Trinajstić information content (AvgIpc) is 3.44. The summed E-state index contributed by atoms with van der Waals surface area (Å²) in [7, 11) is 2.24. The van der Waals surface area contributed by atoms with E-state index in [9.17, 15) is 0 Å². The van der Waals surface area contributed by atoms with Gasteiger partial charge in [0.1, 0.15) is 12.8 Å². The summed E-state index contributed by atoms with van der Waals surface area (Å²) in [6, 6.07) is 16.4. The quantitative estimate of drug-likeness (QED) is 0.232. The van der Waals surface area contributed by atoms with Gasteiger partial charge in [-0.15, -0.1) is 0 Å². The first-order chi connectivity index (χ1) is 17.2. The number of aromatic nitrogens is 1. The molecule has 184 valence electrons. The molecule has 2 heteroatoms. The van der Waals surface area contributed by atoms with Crippen LogP contribution in [0.2, 0.25) is 0 Å². The predicted octanol–water partition coefficient (Wildman–Crippen LogP) is 8.70. The molecule has 2 heterocycles. The third kappa shape index (κ3) is 3.26. The summed E-state index contributed by atoms with van der Waals surface area (Å²) < 4.78 is 9.26. The van der Waals surface area contributed by atoms with Crippen molar-refractivity contribution in [2.24, 2.45) is 24.3 Å². The maximum atomic E-state index is 6.85. The van der Waals surface area contributed by atoms with Crippen molar-refractivity contribution in [3.63, 3.8) is 0 Å². The molecule has 2 fully saturated rings. The van der Waals surface area contributed by atoms with Crippen LogP contribution in [-0.4, -0.2) is 0 Å². The van der Waals surface area contributed by atoms with Gasteiger partial charge in [0.05, 0.1) is 10.9 Å². The lowest BCUT2D eigenvalue weighted by Crippen LogP contribution is -2.34. The van der Waals surface area contributed by atoms with Crippen LogP contribution >= 0.6 is 0 Å². The van der Waals surface area contributed by atoms with Gasteiger partial charge in [-0.3, -0.25) is 0 Å². The van der Waals surface area contributed by atoms with Gasteiger partial charge in [-0.25, -0.2) is 0 Å². The molecule has 3 aromatic carbocycles. The van der Waals surface area contributed by atoms with E-state index in [1.54, 1.807) is 5.56 Å². The molecule has 4 aromatic rings. The molecule has 1 aliphatic heterocycles. The highest BCUT2D eigenvalue weighted by Gasteiger charge is 2.41. The van der Waals surface area contributed by atoms with Gasteiger partial charge in [-0.2, -0.15) is 4.57 Å². The van der Waals surface area contributed by atoms with Crippen molar-refractivity contribution in [2.75, 3.05) is 0 Å². The molecular formula is C34H38NO+. The Bertz CT molecular complexity index is 1570. The van der Waals surface area contributed by atoms with Crippen molar-refractivity contribution in [3.8, 4) is 22.8 Å². The molecule has 0 saturated heterocycles. The minimum Gasteiger partial charge on any atom is -0.450 e. The maximum absolute atomic E-state index is 6.85. The van der Waals surface area contributed by atoms with Crippen LogP contribution in [0.1, 0.15) is 74.6 Å². The SMILES string of the molecule is Cc1cc2cc(CC(C)(C)C)cc3c2c(c1C)-c1c(cc2c(C4CC5CCC4C5)cccc2[n+]1C)O3. The number of hydrogen-bond donors (Lipinski definition) is 0. The molecule has 0 N–H and O–H groups in total. The summed E-state index contributed by atoms with van der Waals surface area (Å²) in [5.41, 5.74) is 9.72. The van der Waals surface area contributed by atoms with Crippen molar-refractivity contribution in [1.82, 2.24) is 0 Å². The number of hydrogen-bond acceptors (Lipinski definition) is 1. The second-order valence-corrected chi connectivity index (χ2v) is 13.2. The maximum Gasteiger partial charge on any atom is 0.256 e. The summed E-state index contributed by atoms with van der Waals surface area (Å²) >= 11 is 0. The minimum absolute atomic E-state index is 0.230. The van der Waals surface area contributed by atoms with Gasteiger partial charge in [0.2, 0.25) is 5.52 Å². The van der Waals surface area contributed by atoms with Crippen LogP contribution in [-0.2, 0) is 13.5 Å². The van der Waals surface area contributed by atoms with Gasteiger partial charge in [0, 0.05) is 17.5 Å². The summed E-state index contributed by atoms with van der Waals surface area (Å²) in [6.07, 6.45) is 6.67. The molecule has 3 atom stereocenters. The number of fused-ring (bicyclic) bond motifs is 5. The molecule has 2 nitrogen and oxygen atoms in total. The van der Waals surface area contributed by atoms with Crippen molar-refractivity contribution in [1.29, 1.82) is 0 Å². The molecule has 2 aliphatic carbocycles. The van der Waals surface area contributed by atoms with E-state index >= 15 is 0 Å². The Hall–Kier alpha value is -2.87. The smallest absolute Gasteiger partial charge is 0.256 e. The van der Waals surface area contributed by atoms with Crippen LogP contribution in [0, 0.1) is 31.1 Å². The molecule has 0 spiro atoms. The molecule has 3 unspecified atom stereocenters. The molecule has 0 amide bonds. The van der Waals surface area contributed by atoms with Crippen molar-refractivity contribution >= 4 is 21.7 Å². The van der Waals surface area contributed by atoms with Crippen LogP contribution in [0.25, 0.3) is 32.9 Å². The zero-order valence-corrected chi connectivity index (χ0v) is 22.7. The summed E-state index contributed by atoms with van der Waals surface area (Å²) in [4.78, 5) is 0. The lowest BCUT2D eigenvalue weighted by molar-refractivity contribution is -0.633. The number of benzene rings is 3. The van der Waals surface area contributed by atoms with Gasteiger partial charge in [0.15, 0.2) is 5.75 Å². The second kappa shape index (κ2) is 7.57. The fourth-order valence-corrected chi connectivity index (χ4v) is 7.84. The molecule has 1 aromatic heterocycles. The van der Waals surface area contributed by atoms with E-state index < -0.39 is 0 Å². The van der Waals surface area contributed by atoms with E-state index in [0.717, 1.165) is 29.8 Å². The Labute approximate surface area is 215 Å². The number of rotatable bonds is 2. The van der Waals surface area contributed by atoms with Crippen molar-refractivity contribution < 1.29 is 9.30 Å². The van der Waals surface area contributed by atoms with E-state index in [4.69, 9.17) is 4.74 Å². The Morgan fingerprint density at radius 2 is 1.81 bits per heavy atom. The summed E-state index contributed by atoms with van der Waals surface area (Å²) in [5.74, 6) is 4.54. The molecular weight excluding hydrogens is 438 g/mol. The second-order valence-electron chi connectivity index (χ2n) is 13.2. The van der Waals surface area contributed by atoms with E-state index in [1.165, 1.54) is 75.3 Å². The van der Waals surface area contributed by atoms with Crippen LogP contribution in [0.3, 0.4) is 0 Å². The third-order valence-electron chi connectivity index (χ3n) is 9.43. The Morgan fingerprint density at radius 3 is 2.53 bits per heavy atom. The number of ether oxygens (including phenoxy) is 1. The fraction of sp³-hybridized carbons (Fsp3) is 0.441. The molecule has 7 rings (SSSR count). The van der Waals surface area contributed by atoms with Crippen LogP contribution in [0.5, 0.6) is 11.5 Å². The first-order valence-electron chi connectivity index (χ1n) is 13.9. The van der Waals surface area contributed by atoms with Gasteiger partial charge in [-0.05, 0) is 96.4 Å². The van der Waals surface area contributed by atoms with Crippen LogP contribution in [0.4, 0.5) is 0 Å². The minimum atomic E-state index is 0.230. The monoisotopic (exact) mass is 476 g/mol. The molecule has 2 saturated carbocycles. The largest absolute Gasteiger partial charge is 0.450 e. The lowest BCUT2D eigenvalue weighted by atomic mass is 9.81.